The molecule has 3 heterocycles. The number of rotatable bonds is 7. The summed E-state index contributed by atoms with van der Waals surface area (Å²) in [6.07, 6.45) is 2.62. The van der Waals surface area contributed by atoms with Gasteiger partial charge in [-0.2, -0.15) is 5.10 Å². The number of aromatic nitrogens is 4. The molecule has 0 atom stereocenters. The van der Waals surface area contributed by atoms with Gasteiger partial charge < -0.3 is 4.74 Å². The van der Waals surface area contributed by atoms with Crippen LogP contribution in [0.1, 0.15) is 41.5 Å². The highest BCUT2D eigenvalue weighted by molar-refractivity contribution is 7.14. The molecule has 31 heavy (non-hydrogen) atoms. The van der Waals surface area contributed by atoms with Gasteiger partial charge in [0.15, 0.2) is 10.8 Å². The Morgan fingerprint density at radius 3 is 2.71 bits per heavy atom. The van der Waals surface area contributed by atoms with Crippen LogP contribution in [-0.2, 0) is 11.2 Å². The van der Waals surface area contributed by atoms with Gasteiger partial charge in [0.25, 0.3) is 5.91 Å². The van der Waals surface area contributed by atoms with Gasteiger partial charge in [-0.25, -0.2) is 14.6 Å². The molecule has 0 fully saturated rings. The number of nitrogens with zero attached hydrogens (tertiary/aromatic N) is 4. The monoisotopic (exact) mass is 435 g/mol. The topological polar surface area (TPSA) is 81.9 Å². The number of amides is 1. The van der Waals surface area contributed by atoms with Gasteiger partial charge in [0.2, 0.25) is 0 Å². The Labute approximate surface area is 185 Å². The van der Waals surface area contributed by atoms with E-state index in [9.17, 15) is 4.79 Å². The van der Waals surface area contributed by atoms with E-state index in [0.717, 1.165) is 28.7 Å². The third kappa shape index (κ3) is 4.50. The number of thiazole rings is 1. The van der Waals surface area contributed by atoms with Crippen LogP contribution in [0.15, 0.2) is 41.9 Å². The molecule has 0 saturated heterocycles. The van der Waals surface area contributed by atoms with E-state index in [0.29, 0.717) is 23.0 Å². The maximum absolute atomic E-state index is 12.9. The maximum Gasteiger partial charge on any atom is 0.259 e. The lowest BCUT2D eigenvalue weighted by atomic mass is 10.1. The predicted molar refractivity (Wildman–Crippen MR) is 124 cm³/mol. The molecule has 1 amide bonds. The number of carbonyl (C=O) groups excluding carboxylic acids is 1. The zero-order chi connectivity index (χ0) is 22.0. The Hall–Kier alpha value is -3.10. The first-order valence-electron chi connectivity index (χ1n) is 10.2. The van der Waals surface area contributed by atoms with Gasteiger partial charge in [-0.1, -0.05) is 24.3 Å². The lowest BCUT2D eigenvalue weighted by molar-refractivity contribution is 0.102. The van der Waals surface area contributed by atoms with E-state index >= 15 is 0 Å². The number of pyridine rings is 1. The number of nitrogens with one attached hydrogen (secondary N) is 1. The van der Waals surface area contributed by atoms with E-state index in [1.165, 1.54) is 16.9 Å². The first-order chi connectivity index (χ1) is 15.0. The number of methoxy groups -OCH3 is 1. The number of fused-ring (bicyclic) bond motifs is 1. The highest BCUT2D eigenvalue weighted by atomic mass is 32.1. The fraction of sp³-hybridized carbons (Fsp3) is 0.304. The summed E-state index contributed by atoms with van der Waals surface area (Å²) in [6, 6.07) is 10.3. The first-order valence-corrected chi connectivity index (χ1v) is 11.0. The van der Waals surface area contributed by atoms with Crippen LogP contribution in [0, 0.1) is 6.92 Å². The molecule has 0 radical (unpaired) electrons. The third-order valence-electron chi connectivity index (χ3n) is 5.06. The van der Waals surface area contributed by atoms with Gasteiger partial charge in [0.05, 0.1) is 29.8 Å². The molecule has 8 heteroatoms. The number of hydrogen-bond donors (Lipinski definition) is 1. The fourth-order valence-electron chi connectivity index (χ4n) is 3.36. The normalized spacial score (nSPS) is 11.4. The Morgan fingerprint density at radius 2 is 2.00 bits per heavy atom. The van der Waals surface area contributed by atoms with Crippen LogP contribution in [-0.4, -0.2) is 39.4 Å². The Morgan fingerprint density at radius 1 is 1.23 bits per heavy atom. The quantitative estimate of drug-likeness (QED) is 0.447. The van der Waals surface area contributed by atoms with Crippen LogP contribution in [0.2, 0.25) is 0 Å². The van der Waals surface area contributed by atoms with Crippen LogP contribution in [0.5, 0.6) is 0 Å². The summed E-state index contributed by atoms with van der Waals surface area (Å²) in [5, 5.41) is 10.6. The molecule has 1 aromatic carbocycles. The van der Waals surface area contributed by atoms with E-state index in [1.54, 1.807) is 13.3 Å². The summed E-state index contributed by atoms with van der Waals surface area (Å²) in [5.41, 5.74) is 5.04. The van der Waals surface area contributed by atoms with Crippen LogP contribution in [0.25, 0.3) is 22.3 Å². The predicted octanol–water partition coefficient (Wildman–Crippen LogP) is 4.89. The molecule has 0 aliphatic rings. The van der Waals surface area contributed by atoms with Crippen molar-refractivity contribution in [1.82, 2.24) is 19.7 Å². The minimum atomic E-state index is -0.222. The van der Waals surface area contributed by atoms with E-state index in [4.69, 9.17) is 4.74 Å². The first kappa shape index (κ1) is 21.1. The summed E-state index contributed by atoms with van der Waals surface area (Å²) in [4.78, 5) is 22.1. The van der Waals surface area contributed by atoms with Crippen LogP contribution in [0.4, 0.5) is 5.13 Å². The van der Waals surface area contributed by atoms with Crippen molar-refractivity contribution >= 4 is 33.4 Å². The maximum atomic E-state index is 12.9. The highest BCUT2D eigenvalue weighted by Crippen LogP contribution is 2.26. The van der Waals surface area contributed by atoms with Crippen LogP contribution < -0.4 is 5.32 Å². The largest absolute Gasteiger partial charge is 0.384 e. The minimum absolute atomic E-state index is 0.201. The molecule has 0 bridgehead atoms. The lowest BCUT2D eigenvalue weighted by Crippen LogP contribution is -2.14. The van der Waals surface area contributed by atoms with Crippen LogP contribution in [0.3, 0.4) is 0 Å². The summed E-state index contributed by atoms with van der Waals surface area (Å²) in [6.45, 7) is 6.64. The summed E-state index contributed by atoms with van der Waals surface area (Å²) in [7, 11) is 1.70. The molecule has 160 valence electrons. The van der Waals surface area contributed by atoms with Crippen molar-refractivity contribution < 1.29 is 9.53 Å². The molecular weight excluding hydrogens is 410 g/mol. The molecule has 0 spiro atoms. The molecular formula is C23H25N5O2S. The number of anilines is 1. The molecule has 0 unspecified atom stereocenters. The third-order valence-corrected chi connectivity index (χ3v) is 5.82. The lowest BCUT2D eigenvalue weighted by Gasteiger charge is -2.09. The number of carbonyl (C=O) groups is 1. The van der Waals surface area contributed by atoms with Crippen molar-refractivity contribution in [3.8, 4) is 11.3 Å². The fourth-order valence-corrected chi connectivity index (χ4v) is 4.08. The van der Waals surface area contributed by atoms with Crippen LogP contribution >= 0.6 is 11.3 Å². The number of aryl methyl sites for hydroxylation is 1. The van der Waals surface area contributed by atoms with Gasteiger partial charge in [-0.15, -0.1) is 11.3 Å². The zero-order valence-electron chi connectivity index (χ0n) is 18.0. The van der Waals surface area contributed by atoms with Crippen molar-refractivity contribution in [2.24, 2.45) is 0 Å². The minimum Gasteiger partial charge on any atom is -0.384 e. The zero-order valence-corrected chi connectivity index (χ0v) is 18.9. The van der Waals surface area contributed by atoms with Crippen molar-refractivity contribution in [1.29, 1.82) is 0 Å². The van der Waals surface area contributed by atoms with E-state index in [-0.39, 0.29) is 11.9 Å². The smallest absolute Gasteiger partial charge is 0.259 e. The summed E-state index contributed by atoms with van der Waals surface area (Å²) in [5.74, 6) is -0.222. The number of hydrogen-bond acceptors (Lipinski definition) is 6. The highest BCUT2D eigenvalue weighted by Gasteiger charge is 2.17. The molecule has 3 aromatic heterocycles. The second-order valence-corrected chi connectivity index (χ2v) is 8.51. The van der Waals surface area contributed by atoms with Gasteiger partial charge >= 0.3 is 0 Å². The molecule has 0 aliphatic heterocycles. The molecule has 7 nitrogen and oxygen atoms in total. The standard InChI is InChI=1S/C23H25N5O2S/c1-14(2)28-21-18(12-24-28)11-19(15(3)25-21)22(29)27-23-26-20(13-31-23)17-7-5-16(6-8-17)9-10-30-4/h5-8,11-14H,9-10H2,1-4H3,(H,26,27,29). The molecule has 4 aromatic rings. The molecule has 0 aliphatic carbocycles. The molecule has 1 N–H and O–H groups in total. The van der Waals surface area contributed by atoms with Gasteiger partial charge in [0.1, 0.15) is 0 Å². The number of benzene rings is 1. The van der Waals surface area contributed by atoms with Gasteiger partial charge in [0, 0.05) is 29.5 Å². The summed E-state index contributed by atoms with van der Waals surface area (Å²) < 4.78 is 6.98. The van der Waals surface area contributed by atoms with Crippen molar-refractivity contribution in [3.05, 3.63) is 58.7 Å². The molecule has 0 saturated carbocycles. The average molecular weight is 436 g/mol. The van der Waals surface area contributed by atoms with E-state index < -0.39 is 0 Å². The average Bonchev–Trinajstić information content (AvgIpc) is 3.38. The Bertz CT molecular complexity index is 1210. The van der Waals surface area contributed by atoms with Gasteiger partial charge in [-0.05, 0) is 38.8 Å². The van der Waals surface area contributed by atoms with E-state index in [2.05, 4.69) is 46.4 Å². The Kier molecular flexibility index (Phi) is 6.11. The number of ether oxygens (including phenoxy) is 1. The second-order valence-electron chi connectivity index (χ2n) is 7.65. The SMILES string of the molecule is COCCc1ccc(-c2csc(NC(=O)c3cc4cnn(C(C)C)c4nc3C)n2)cc1. The van der Waals surface area contributed by atoms with Crippen molar-refractivity contribution in [3.63, 3.8) is 0 Å². The van der Waals surface area contributed by atoms with Gasteiger partial charge in [-0.3, -0.25) is 10.1 Å². The van der Waals surface area contributed by atoms with Crippen molar-refractivity contribution in [2.45, 2.75) is 33.2 Å². The second kappa shape index (κ2) is 8.95. The Balaban J connectivity index is 1.51. The molecule has 4 rings (SSSR count). The van der Waals surface area contributed by atoms with Crippen molar-refractivity contribution in [2.75, 3.05) is 19.0 Å². The summed E-state index contributed by atoms with van der Waals surface area (Å²) >= 11 is 1.40. The van der Waals surface area contributed by atoms with E-state index in [1.807, 2.05) is 35.2 Å².